The highest BCUT2D eigenvalue weighted by atomic mass is 16.5. The van der Waals surface area contributed by atoms with Gasteiger partial charge in [0.2, 0.25) is 0 Å². The lowest BCUT2D eigenvalue weighted by Crippen LogP contribution is -2.18. The fourth-order valence-corrected chi connectivity index (χ4v) is 0.515. The second-order valence-electron chi connectivity index (χ2n) is 2.79. The summed E-state index contributed by atoms with van der Waals surface area (Å²) < 4.78 is 4.96. The van der Waals surface area contributed by atoms with Gasteiger partial charge in [-0.1, -0.05) is 13.8 Å². The molecule has 0 saturated carbocycles. The van der Waals surface area contributed by atoms with Gasteiger partial charge in [0.1, 0.15) is 0 Å². The first-order chi connectivity index (χ1) is 4.57. The second-order valence-corrected chi connectivity index (χ2v) is 2.79. The molecule has 0 amide bonds. The zero-order valence-electron chi connectivity index (χ0n) is 7.18. The Labute approximate surface area is 62.6 Å². The molecule has 0 radical (unpaired) electrons. The van der Waals surface area contributed by atoms with Crippen molar-refractivity contribution in [3.63, 3.8) is 0 Å². The first-order valence-corrected chi connectivity index (χ1v) is 3.78. The molecule has 0 spiro atoms. The maximum atomic E-state index is 11.0. The Morgan fingerprint density at radius 3 is 2.20 bits per heavy atom. The largest absolute Gasteiger partial charge is 0.463 e. The van der Waals surface area contributed by atoms with Crippen molar-refractivity contribution in [2.24, 2.45) is 5.92 Å². The molecule has 0 saturated heterocycles. The molecule has 0 aromatic heterocycles. The fraction of sp³-hybridized carbons (Fsp3) is 0.875. The van der Waals surface area contributed by atoms with Gasteiger partial charge in [-0.15, -0.1) is 0 Å². The topological polar surface area (TPSA) is 26.3 Å². The summed E-state index contributed by atoms with van der Waals surface area (Å²) in [5.41, 5.74) is 0. The highest BCUT2D eigenvalue weighted by Gasteiger charge is 2.12. The molecule has 2 nitrogen and oxygen atoms in total. The van der Waals surface area contributed by atoms with E-state index in [4.69, 9.17) is 4.74 Å². The second kappa shape index (κ2) is 4.31. The van der Waals surface area contributed by atoms with Crippen LogP contribution in [0.25, 0.3) is 0 Å². The van der Waals surface area contributed by atoms with Gasteiger partial charge in [0.25, 0.3) is 0 Å². The van der Waals surface area contributed by atoms with E-state index < -0.39 is 0 Å². The van der Waals surface area contributed by atoms with Gasteiger partial charge in [0, 0.05) is 0 Å². The lowest BCUT2D eigenvalue weighted by atomic mass is 10.1. The number of carbonyl (C=O) groups excluding carboxylic acids is 1. The summed E-state index contributed by atoms with van der Waals surface area (Å²) in [6, 6.07) is 0. The Hall–Kier alpha value is -0.530. The molecule has 0 aromatic carbocycles. The number of ether oxygens (including phenoxy) is 1. The van der Waals surface area contributed by atoms with Crippen LogP contribution in [-0.2, 0) is 9.53 Å². The molecule has 0 unspecified atom stereocenters. The summed E-state index contributed by atoms with van der Waals surface area (Å²) >= 11 is 0. The Morgan fingerprint density at radius 1 is 1.40 bits per heavy atom. The number of carbonyl (C=O) groups is 1. The van der Waals surface area contributed by atoms with Gasteiger partial charge in [-0.3, -0.25) is 4.79 Å². The molecule has 0 fully saturated rings. The van der Waals surface area contributed by atoms with E-state index in [1.807, 2.05) is 27.7 Å². The molecule has 0 N–H and O–H groups in total. The van der Waals surface area contributed by atoms with Crippen molar-refractivity contribution in [1.29, 1.82) is 0 Å². The molecular weight excluding hydrogens is 128 g/mol. The van der Waals surface area contributed by atoms with E-state index in [1.54, 1.807) is 0 Å². The smallest absolute Gasteiger partial charge is 0.308 e. The zero-order chi connectivity index (χ0) is 8.15. The summed E-state index contributed by atoms with van der Waals surface area (Å²) in [7, 11) is 0. The third-order valence-electron chi connectivity index (χ3n) is 1.37. The number of esters is 1. The van der Waals surface area contributed by atoms with Crippen molar-refractivity contribution >= 4 is 5.97 Å². The lowest BCUT2D eigenvalue weighted by Gasteiger charge is -2.11. The van der Waals surface area contributed by atoms with Gasteiger partial charge in [0.15, 0.2) is 0 Å². The van der Waals surface area contributed by atoms with E-state index in [0.29, 0.717) is 0 Å². The van der Waals surface area contributed by atoms with Crippen LogP contribution >= 0.6 is 0 Å². The third-order valence-corrected chi connectivity index (χ3v) is 1.37. The Bertz CT molecular complexity index is 108. The van der Waals surface area contributed by atoms with E-state index in [1.165, 1.54) is 0 Å². The van der Waals surface area contributed by atoms with Gasteiger partial charge in [-0.05, 0) is 20.3 Å². The molecule has 0 bridgehead atoms. The fourth-order valence-electron chi connectivity index (χ4n) is 0.515. The van der Waals surface area contributed by atoms with Gasteiger partial charge in [-0.2, -0.15) is 0 Å². The lowest BCUT2D eigenvalue weighted by molar-refractivity contribution is -0.151. The summed E-state index contributed by atoms with van der Waals surface area (Å²) in [5.74, 6) is -0.0418. The van der Waals surface area contributed by atoms with Crippen LogP contribution in [0.5, 0.6) is 0 Å². The highest BCUT2D eigenvalue weighted by Crippen LogP contribution is 2.04. The first-order valence-electron chi connectivity index (χ1n) is 3.78. The van der Waals surface area contributed by atoms with Crippen LogP contribution in [0.1, 0.15) is 34.1 Å². The molecule has 0 rings (SSSR count). The van der Waals surface area contributed by atoms with Gasteiger partial charge in [0.05, 0.1) is 12.0 Å². The summed E-state index contributed by atoms with van der Waals surface area (Å²) in [5, 5.41) is 0. The molecule has 0 aliphatic carbocycles. The number of hydrogen-bond donors (Lipinski definition) is 0. The first kappa shape index (κ1) is 9.47. The quantitative estimate of drug-likeness (QED) is 0.566. The van der Waals surface area contributed by atoms with Crippen molar-refractivity contribution < 1.29 is 9.53 Å². The van der Waals surface area contributed by atoms with E-state index in [-0.39, 0.29) is 18.0 Å². The molecule has 0 aromatic rings. The summed E-state index contributed by atoms with van der Waals surface area (Å²) in [6.45, 7) is 7.58. The molecule has 0 heterocycles. The molecule has 0 aliphatic heterocycles. The minimum Gasteiger partial charge on any atom is -0.463 e. The third kappa shape index (κ3) is 3.49. The molecular formula is C8H16O2. The van der Waals surface area contributed by atoms with Gasteiger partial charge >= 0.3 is 5.97 Å². The van der Waals surface area contributed by atoms with Crippen LogP contribution in [0, 0.1) is 5.92 Å². The van der Waals surface area contributed by atoms with Crippen LogP contribution in [0.3, 0.4) is 0 Å². The van der Waals surface area contributed by atoms with E-state index >= 15 is 0 Å². The summed E-state index contributed by atoms with van der Waals surface area (Å²) in [6.07, 6.45) is 0.868. The molecule has 1 atom stereocenters. The number of hydrogen-bond acceptors (Lipinski definition) is 2. The highest BCUT2D eigenvalue weighted by molar-refractivity contribution is 5.71. The van der Waals surface area contributed by atoms with Crippen LogP contribution in [-0.4, -0.2) is 12.1 Å². The van der Waals surface area contributed by atoms with Crippen LogP contribution in [0.15, 0.2) is 0 Å². The monoisotopic (exact) mass is 144 g/mol. The Kier molecular flexibility index (Phi) is 4.08. The maximum absolute atomic E-state index is 11.0. The minimum absolute atomic E-state index is 0.0153. The molecule has 0 aliphatic rings. The molecule has 10 heavy (non-hydrogen) atoms. The molecule has 60 valence electrons. The zero-order valence-corrected chi connectivity index (χ0v) is 7.18. The van der Waals surface area contributed by atoms with E-state index in [2.05, 4.69) is 0 Å². The average molecular weight is 144 g/mol. The maximum Gasteiger partial charge on any atom is 0.308 e. The van der Waals surface area contributed by atoms with E-state index in [0.717, 1.165) is 6.42 Å². The van der Waals surface area contributed by atoms with Crippen LogP contribution in [0.4, 0.5) is 0 Å². The SMILES string of the molecule is CC[C@@H](C)C(=O)OC(C)C. The Morgan fingerprint density at radius 2 is 1.90 bits per heavy atom. The number of rotatable bonds is 3. The normalized spacial score (nSPS) is 13.3. The predicted octanol–water partition coefficient (Wildman–Crippen LogP) is 1.98. The van der Waals surface area contributed by atoms with Crippen molar-refractivity contribution in [3.05, 3.63) is 0 Å². The molecule has 2 heteroatoms. The summed E-state index contributed by atoms with van der Waals surface area (Å²) in [4.78, 5) is 11.0. The predicted molar refractivity (Wildman–Crippen MR) is 40.7 cm³/mol. The Balaban J connectivity index is 3.62. The minimum atomic E-state index is -0.0856. The van der Waals surface area contributed by atoms with E-state index in [9.17, 15) is 4.79 Å². The van der Waals surface area contributed by atoms with Crippen molar-refractivity contribution in [3.8, 4) is 0 Å². The van der Waals surface area contributed by atoms with Crippen molar-refractivity contribution in [2.75, 3.05) is 0 Å². The van der Waals surface area contributed by atoms with Gasteiger partial charge in [-0.25, -0.2) is 0 Å². The van der Waals surface area contributed by atoms with Crippen molar-refractivity contribution in [1.82, 2.24) is 0 Å². The van der Waals surface area contributed by atoms with Crippen molar-refractivity contribution in [2.45, 2.75) is 40.2 Å². The van der Waals surface area contributed by atoms with Crippen LogP contribution in [0.2, 0.25) is 0 Å². The van der Waals surface area contributed by atoms with Crippen LogP contribution < -0.4 is 0 Å². The average Bonchev–Trinajstić information content (AvgIpc) is 1.85. The standard InChI is InChI=1S/C8H16O2/c1-5-7(4)8(9)10-6(2)3/h6-7H,5H2,1-4H3/t7-/m1/s1. The van der Waals surface area contributed by atoms with Gasteiger partial charge < -0.3 is 4.74 Å².